The predicted molar refractivity (Wildman–Crippen MR) is 94.9 cm³/mol. The Hall–Kier alpha value is -2.17. The Labute approximate surface area is 150 Å². The molecule has 0 aliphatic carbocycles. The van der Waals surface area contributed by atoms with Crippen molar-refractivity contribution in [3.63, 3.8) is 0 Å². The van der Waals surface area contributed by atoms with E-state index < -0.39 is 6.09 Å². The minimum atomic E-state index is -0.763. The van der Waals surface area contributed by atoms with Crippen LogP contribution in [-0.2, 0) is 16.1 Å². The normalized spacial score (nSPS) is 11.2. The third-order valence-electron chi connectivity index (χ3n) is 3.10. The SMILES string of the molecule is CC(=O)CC(=NC(=O)OCc1ccc(Cl)c(Cl)c1)c1ccccc1. The van der Waals surface area contributed by atoms with Gasteiger partial charge in [0.15, 0.2) is 0 Å². The summed E-state index contributed by atoms with van der Waals surface area (Å²) in [4.78, 5) is 27.3. The molecule has 24 heavy (non-hydrogen) atoms. The van der Waals surface area contributed by atoms with Gasteiger partial charge in [-0.15, -0.1) is 0 Å². The second kappa shape index (κ2) is 8.62. The van der Waals surface area contributed by atoms with Crippen molar-refractivity contribution in [2.24, 2.45) is 4.99 Å². The summed E-state index contributed by atoms with van der Waals surface area (Å²) in [5.74, 6) is -0.0881. The number of carbonyl (C=O) groups excluding carboxylic acids is 2. The molecule has 0 heterocycles. The van der Waals surface area contributed by atoms with Gasteiger partial charge in [-0.2, -0.15) is 4.99 Å². The number of nitrogens with zero attached hydrogens (tertiary/aromatic N) is 1. The minimum Gasteiger partial charge on any atom is -0.443 e. The lowest BCUT2D eigenvalue weighted by Crippen LogP contribution is -2.10. The minimum absolute atomic E-state index is 0.0152. The summed E-state index contributed by atoms with van der Waals surface area (Å²) in [6, 6.07) is 14.0. The van der Waals surface area contributed by atoms with E-state index in [-0.39, 0.29) is 18.8 Å². The Kier molecular flexibility index (Phi) is 6.53. The molecule has 0 atom stereocenters. The summed E-state index contributed by atoms with van der Waals surface area (Å²) in [6.45, 7) is 1.46. The van der Waals surface area contributed by atoms with Gasteiger partial charge in [-0.05, 0) is 30.2 Å². The molecule has 0 saturated carbocycles. The first-order valence-electron chi connectivity index (χ1n) is 7.19. The maximum absolute atomic E-state index is 12.0. The van der Waals surface area contributed by atoms with E-state index in [1.807, 2.05) is 18.2 Å². The first-order valence-corrected chi connectivity index (χ1v) is 7.94. The number of Topliss-reactive ketones (excluding diaryl/α,β-unsaturated/α-hetero) is 1. The lowest BCUT2D eigenvalue weighted by Gasteiger charge is -2.06. The van der Waals surface area contributed by atoms with Crippen molar-refractivity contribution in [2.75, 3.05) is 0 Å². The maximum atomic E-state index is 12.0. The first kappa shape index (κ1) is 18.2. The molecular weight excluding hydrogens is 349 g/mol. The number of rotatable bonds is 5. The Morgan fingerprint density at radius 1 is 1.04 bits per heavy atom. The quantitative estimate of drug-likeness (QED) is 0.694. The zero-order valence-corrected chi connectivity index (χ0v) is 14.5. The topological polar surface area (TPSA) is 55.7 Å². The number of halogens is 2. The van der Waals surface area contributed by atoms with Gasteiger partial charge in [-0.25, -0.2) is 4.79 Å². The number of ketones is 1. The summed E-state index contributed by atoms with van der Waals surface area (Å²) in [6.07, 6.45) is -0.701. The largest absolute Gasteiger partial charge is 0.443 e. The standard InChI is InChI=1S/C18H15Cl2NO3/c1-12(22)9-17(14-5-3-2-4-6-14)21-18(23)24-11-13-7-8-15(19)16(20)10-13/h2-8,10H,9,11H2,1H3. The van der Waals surface area contributed by atoms with E-state index in [2.05, 4.69) is 4.99 Å². The molecule has 0 aliphatic rings. The van der Waals surface area contributed by atoms with Gasteiger partial charge < -0.3 is 4.74 Å². The van der Waals surface area contributed by atoms with Gasteiger partial charge in [0, 0.05) is 6.42 Å². The highest BCUT2D eigenvalue weighted by Gasteiger charge is 2.10. The molecule has 0 fully saturated rings. The van der Waals surface area contributed by atoms with Gasteiger partial charge in [0.2, 0.25) is 0 Å². The van der Waals surface area contributed by atoms with Crippen LogP contribution in [0.15, 0.2) is 53.5 Å². The highest BCUT2D eigenvalue weighted by Crippen LogP contribution is 2.23. The van der Waals surface area contributed by atoms with Gasteiger partial charge in [-0.1, -0.05) is 59.6 Å². The average molecular weight is 364 g/mol. The van der Waals surface area contributed by atoms with Crippen molar-refractivity contribution >= 4 is 40.8 Å². The van der Waals surface area contributed by atoms with E-state index in [4.69, 9.17) is 27.9 Å². The second-order valence-corrected chi connectivity index (χ2v) is 5.92. The summed E-state index contributed by atoms with van der Waals surface area (Å²) < 4.78 is 5.12. The van der Waals surface area contributed by atoms with Gasteiger partial charge in [0.25, 0.3) is 0 Å². The molecule has 0 unspecified atom stereocenters. The van der Waals surface area contributed by atoms with E-state index in [9.17, 15) is 9.59 Å². The van der Waals surface area contributed by atoms with Crippen LogP contribution in [-0.4, -0.2) is 17.6 Å². The third kappa shape index (κ3) is 5.48. The fourth-order valence-electron chi connectivity index (χ4n) is 1.99. The summed E-state index contributed by atoms with van der Waals surface area (Å²) >= 11 is 11.7. The fourth-order valence-corrected chi connectivity index (χ4v) is 2.31. The lowest BCUT2D eigenvalue weighted by molar-refractivity contribution is -0.115. The van der Waals surface area contributed by atoms with E-state index in [0.29, 0.717) is 26.9 Å². The zero-order chi connectivity index (χ0) is 17.5. The fraction of sp³-hybridized carbons (Fsp3) is 0.167. The van der Waals surface area contributed by atoms with Gasteiger partial charge >= 0.3 is 6.09 Å². The van der Waals surface area contributed by atoms with Crippen LogP contribution in [0.1, 0.15) is 24.5 Å². The van der Waals surface area contributed by atoms with E-state index in [1.54, 1.807) is 30.3 Å². The Morgan fingerprint density at radius 3 is 2.38 bits per heavy atom. The lowest BCUT2D eigenvalue weighted by atomic mass is 10.1. The summed E-state index contributed by atoms with van der Waals surface area (Å²) in [5.41, 5.74) is 1.78. The van der Waals surface area contributed by atoms with Crippen LogP contribution in [0, 0.1) is 0 Å². The molecule has 0 aromatic heterocycles. The predicted octanol–water partition coefficient (Wildman–Crippen LogP) is 5.10. The number of benzene rings is 2. The van der Waals surface area contributed by atoms with Crippen LogP contribution in [0.4, 0.5) is 4.79 Å². The van der Waals surface area contributed by atoms with Gasteiger partial charge in [0.1, 0.15) is 12.4 Å². The number of hydrogen-bond acceptors (Lipinski definition) is 3. The van der Waals surface area contributed by atoms with E-state index in [0.717, 1.165) is 0 Å². The van der Waals surface area contributed by atoms with E-state index in [1.165, 1.54) is 6.92 Å². The van der Waals surface area contributed by atoms with Crippen LogP contribution in [0.3, 0.4) is 0 Å². The average Bonchev–Trinajstić information content (AvgIpc) is 2.56. The van der Waals surface area contributed by atoms with Crippen molar-refractivity contribution in [3.8, 4) is 0 Å². The van der Waals surface area contributed by atoms with Crippen LogP contribution >= 0.6 is 23.2 Å². The maximum Gasteiger partial charge on any atom is 0.434 e. The number of ether oxygens (including phenoxy) is 1. The molecule has 2 aromatic carbocycles. The highest BCUT2D eigenvalue weighted by molar-refractivity contribution is 6.42. The number of hydrogen-bond donors (Lipinski definition) is 0. The molecule has 0 bridgehead atoms. The third-order valence-corrected chi connectivity index (χ3v) is 3.84. The Balaban J connectivity index is 2.09. The molecular formula is C18H15Cl2NO3. The number of amides is 1. The van der Waals surface area contributed by atoms with Crippen molar-refractivity contribution in [2.45, 2.75) is 20.0 Å². The second-order valence-electron chi connectivity index (χ2n) is 5.11. The van der Waals surface area contributed by atoms with Crippen molar-refractivity contribution in [3.05, 3.63) is 69.7 Å². The molecule has 4 nitrogen and oxygen atoms in total. The van der Waals surface area contributed by atoms with Crippen molar-refractivity contribution in [1.29, 1.82) is 0 Å². The molecule has 1 amide bonds. The van der Waals surface area contributed by atoms with Crippen LogP contribution in [0.25, 0.3) is 0 Å². The van der Waals surface area contributed by atoms with Gasteiger partial charge in [0.05, 0.1) is 15.8 Å². The van der Waals surface area contributed by atoms with Crippen molar-refractivity contribution in [1.82, 2.24) is 0 Å². The smallest absolute Gasteiger partial charge is 0.434 e. The Bertz CT molecular complexity index is 773. The monoisotopic (exact) mass is 363 g/mol. The molecule has 124 valence electrons. The molecule has 0 radical (unpaired) electrons. The molecule has 2 aromatic rings. The van der Waals surface area contributed by atoms with Crippen LogP contribution < -0.4 is 0 Å². The Morgan fingerprint density at radius 2 is 1.75 bits per heavy atom. The van der Waals surface area contributed by atoms with Gasteiger partial charge in [-0.3, -0.25) is 4.79 Å². The van der Waals surface area contributed by atoms with Crippen LogP contribution in [0.2, 0.25) is 10.0 Å². The number of aliphatic imine (C=N–C) groups is 1. The van der Waals surface area contributed by atoms with Crippen LogP contribution in [0.5, 0.6) is 0 Å². The van der Waals surface area contributed by atoms with E-state index >= 15 is 0 Å². The summed E-state index contributed by atoms with van der Waals surface area (Å²) in [5, 5.41) is 0.813. The molecule has 0 N–H and O–H groups in total. The number of carbonyl (C=O) groups is 2. The van der Waals surface area contributed by atoms with Crippen molar-refractivity contribution < 1.29 is 14.3 Å². The first-order chi connectivity index (χ1) is 11.5. The molecule has 0 saturated heterocycles. The molecule has 0 spiro atoms. The zero-order valence-electron chi connectivity index (χ0n) is 13.0. The molecule has 0 aliphatic heterocycles. The highest BCUT2D eigenvalue weighted by atomic mass is 35.5. The summed E-state index contributed by atoms with van der Waals surface area (Å²) in [7, 11) is 0. The molecule has 6 heteroatoms. The molecule has 2 rings (SSSR count).